The summed E-state index contributed by atoms with van der Waals surface area (Å²) in [6.45, 7) is 8.48. The Bertz CT molecular complexity index is 617. The number of allylic oxidation sites excluding steroid dienone is 1. The van der Waals surface area contributed by atoms with Crippen molar-refractivity contribution in [3.63, 3.8) is 0 Å². The van der Waals surface area contributed by atoms with Gasteiger partial charge in [0, 0.05) is 31.2 Å². The molecule has 1 aliphatic heterocycles. The van der Waals surface area contributed by atoms with Crippen LogP contribution in [-0.2, 0) is 24.0 Å². The van der Waals surface area contributed by atoms with Crippen molar-refractivity contribution in [1.29, 1.82) is 0 Å². The highest BCUT2D eigenvalue weighted by molar-refractivity contribution is 6.01. The van der Waals surface area contributed by atoms with Crippen molar-refractivity contribution in [2.75, 3.05) is 0 Å². The summed E-state index contributed by atoms with van der Waals surface area (Å²) in [4.78, 5) is 56.7. The number of nitrogens with one attached hydrogen (secondary N) is 1. The Morgan fingerprint density at radius 2 is 1.81 bits per heavy atom. The number of alkyl carbamates (subject to hydrolysis) is 1. The number of ether oxygens (including phenoxy) is 1. The van der Waals surface area contributed by atoms with E-state index in [4.69, 9.17) is 9.57 Å². The lowest BCUT2D eigenvalue weighted by Crippen LogP contribution is -2.47. The summed E-state index contributed by atoms with van der Waals surface area (Å²) in [5.74, 6) is -2.15. The van der Waals surface area contributed by atoms with Crippen LogP contribution in [0.4, 0.5) is 4.79 Å². The van der Waals surface area contributed by atoms with E-state index in [0.29, 0.717) is 10.8 Å². The van der Waals surface area contributed by atoms with E-state index in [0.717, 1.165) is 0 Å². The van der Waals surface area contributed by atoms with Crippen LogP contribution in [0.3, 0.4) is 0 Å². The molecule has 0 spiro atoms. The first-order chi connectivity index (χ1) is 12.1. The molecule has 3 amide bonds. The van der Waals surface area contributed by atoms with Gasteiger partial charge in [-0.3, -0.25) is 14.6 Å². The zero-order chi connectivity index (χ0) is 19.9. The first-order valence-corrected chi connectivity index (χ1v) is 8.28. The number of carbonyl (C=O) groups excluding carboxylic acids is 4. The van der Waals surface area contributed by atoms with Crippen LogP contribution in [0.15, 0.2) is 16.8 Å². The Labute approximate surface area is 152 Å². The van der Waals surface area contributed by atoms with E-state index in [1.165, 1.54) is 0 Å². The number of rotatable bonds is 6. The topological polar surface area (TPSA) is 114 Å². The Morgan fingerprint density at radius 1 is 1.23 bits per heavy atom. The summed E-state index contributed by atoms with van der Waals surface area (Å²) in [5.41, 5.74) is -0.241. The Balaban J connectivity index is 2.91. The van der Waals surface area contributed by atoms with E-state index in [1.54, 1.807) is 46.9 Å². The van der Waals surface area contributed by atoms with Gasteiger partial charge in [-0.25, -0.2) is 9.59 Å². The van der Waals surface area contributed by atoms with Crippen LogP contribution in [0.25, 0.3) is 0 Å². The molecular weight excluding hydrogens is 342 g/mol. The maximum Gasteiger partial charge on any atom is 0.408 e. The van der Waals surface area contributed by atoms with Gasteiger partial charge in [-0.05, 0) is 34.6 Å². The number of hydroxylamine groups is 2. The quantitative estimate of drug-likeness (QED) is 0.566. The lowest BCUT2D eigenvalue weighted by atomic mass is 10.1. The number of carbonyl (C=O) groups is 4. The van der Waals surface area contributed by atoms with Crippen molar-refractivity contribution in [1.82, 2.24) is 10.4 Å². The second kappa shape index (κ2) is 9.12. The van der Waals surface area contributed by atoms with E-state index in [9.17, 15) is 19.2 Å². The van der Waals surface area contributed by atoms with Gasteiger partial charge >= 0.3 is 12.1 Å². The molecule has 0 bridgehead atoms. The summed E-state index contributed by atoms with van der Waals surface area (Å²) in [7, 11) is 0. The molecule has 1 rings (SSSR count). The largest absolute Gasteiger partial charge is 0.444 e. The van der Waals surface area contributed by atoms with Gasteiger partial charge in [0.2, 0.25) is 0 Å². The highest BCUT2D eigenvalue weighted by Gasteiger charge is 2.36. The average Bonchev–Trinajstić information content (AvgIpc) is 2.83. The molecule has 0 aromatic rings. The molecule has 1 aliphatic rings. The van der Waals surface area contributed by atoms with Crippen LogP contribution in [0, 0.1) is 0 Å². The molecule has 144 valence electrons. The third kappa shape index (κ3) is 6.66. The Morgan fingerprint density at radius 3 is 2.27 bits per heavy atom. The number of aliphatic imine (C=N–C) groups is 1. The predicted octanol–water partition coefficient (Wildman–Crippen LogP) is 1.87. The van der Waals surface area contributed by atoms with Crippen LogP contribution in [0.1, 0.15) is 53.9 Å². The summed E-state index contributed by atoms with van der Waals surface area (Å²) in [5, 5.41) is 2.84. The molecule has 1 heterocycles. The molecule has 1 unspecified atom stereocenters. The molecule has 1 fully saturated rings. The number of nitrogens with zero attached hydrogens (tertiary/aromatic N) is 2. The summed E-state index contributed by atoms with van der Waals surface area (Å²) in [6, 6.07) is -1.18. The molecule has 26 heavy (non-hydrogen) atoms. The highest BCUT2D eigenvalue weighted by atomic mass is 16.7. The molecule has 0 saturated carbocycles. The lowest BCUT2D eigenvalue weighted by Gasteiger charge is -2.23. The van der Waals surface area contributed by atoms with Crippen molar-refractivity contribution in [2.24, 2.45) is 4.99 Å². The molecule has 0 radical (unpaired) electrons. The first-order valence-electron chi connectivity index (χ1n) is 8.28. The monoisotopic (exact) mass is 367 g/mol. The number of amides is 3. The fourth-order valence-corrected chi connectivity index (χ4v) is 2.07. The minimum Gasteiger partial charge on any atom is -0.444 e. The smallest absolute Gasteiger partial charge is 0.408 e. The van der Waals surface area contributed by atoms with E-state index >= 15 is 0 Å². The normalized spacial score (nSPS) is 16.8. The fourth-order valence-electron chi connectivity index (χ4n) is 2.07. The van der Waals surface area contributed by atoms with Gasteiger partial charge in [-0.1, -0.05) is 6.08 Å². The Hall–Kier alpha value is -2.71. The van der Waals surface area contributed by atoms with Gasteiger partial charge in [0.25, 0.3) is 11.8 Å². The maximum absolute atomic E-state index is 12.4. The molecular formula is C17H25N3O6. The minimum atomic E-state index is -1.18. The Kier molecular flexibility index (Phi) is 7.48. The van der Waals surface area contributed by atoms with E-state index < -0.39 is 35.5 Å². The van der Waals surface area contributed by atoms with Crippen molar-refractivity contribution >= 4 is 30.1 Å². The van der Waals surface area contributed by atoms with Gasteiger partial charge in [0.1, 0.15) is 11.6 Å². The number of hydrogen-bond donors (Lipinski definition) is 1. The predicted molar refractivity (Wildman–Crippen MR) is 92.9 cm³/mol. The van der Waals surface area contributed by atoms with Gasteiger partial charge < -0.3 is 14.9 Å². The lowest BCUT2D eigenvalue weighted by molar-refractivity contribution is -0.198. The SMILES string of the molecule is CC=N/C(=C\C)CC(NC(=O)OC(C)(C)C)C(=O)ON1C(=O)CCC1=O. The van der Waals surface area contributed by atoms with Gasteiger partial charge in [0.05, 0.1) is 0 Å². The maximum atomic E-state index is 12.4. The molecule has 0 aliphatic carbocycles. The van der Waals surface area contributed by atoms with Crippen molar-refractivity contribution in [3.05, 3.63) is 11.8 Å². The van der Waals surface area contributed by atoms with Crippen LogP contribution in [0.5, 0.6) is 0 Å². The zero-order valence-electron chi connectivity index (χ0n) is 15.7. The summed E-state index contributed by atoms with van der Waals surface area (Å²) < 4.78 is 5.14. The fraction of sp³-hybridized carbons (Fsp3) is 0.588. The van der Waals surface area contributed by atoms with Crippen LogP contribution in [-0.4, -0.2) is 46.8 Å². The number of imide groups is 1. The summed E-state index contributed by atoms with van der Waals surface area (Å²) >= 11 is 0. The highest BCUT2D eigenvalue weighted by Crippen LogP contribution is 2.16. The first kappa shape index (κ1) is 21.3. The van der Waals surface area contributed by atoms with Gasteiger partial charge in [-0.15, -0.1) is 5.06 Å². The summed E-state index contributed by atoms with van der Waals surface area (Å²) in [6.07, 6.45) is 2.36. The molecule has 1 atom stereocenters. The second-order valence-electron chi connectivity index (χ2n) is 6.56. The third-order valence-electron chi connectivity index (χ3n) is 3.20. The van der Waals surface area contributed by atoms with Gasteiger partial charge in [-0.2, -0.15) is 0 Å². The standard InChI is InChI=1S/C17H25N3O6/c1-6-11(18-7-2)10-12(19-16(24)25-17(3,4)5)15(23)26-20-13(21)8-9-14(20)22/h6-7,12H,8-10H2,1-5H3,(H,19,24)/b11-6-,18-7?. The van der Waals surface area contributed by atoms with Crippen molar-refractivity contribution in [2.45, 2.75) is 65.5 Å². The molecule has 0 aromatic carbocycles. The van der Waals surface area contributed by atoms with E-state index in [1.807, 2.05) is 0 Å². The van der Waals surface area contributed by atoms with Crippen LogP contribution in [0.2, 0.25) is 0 Å². The molecule has 1 saturated heterocycles. The number of hydrogen-bond acceptors (Lipinski definition) is 7. The van der Waals surface area contributed by atoms with Crippen molar-refractivity contribution < 1.29 is 28.8 Å². The molecule has 0 aromatic heterocycles. The van der Waals surface area contributed by atoms with Crippen molar-refractivity contribution in [3.8, 4) is 0 Å². The zero-order valence-corrected chi connectivity index (χ0v) is 15.7. The average molecular weight is 367 g/mol. The van der Waals surface area contributed by atoms with Crippen LogP contribution < -0.4 is 5.32 Å². The molecule has 9 nitrogen and oxygen atoms in total. The van der Waals surface area contributed by atoms with E-state index in [-0.39, 0.29) is 19.3 Å². The molecule has 1 N–H and O–H groups in total. The minimum absolute atomic E-state index is 0.00906. The van der Waals surface area contributed by atoms with E-state index in [2.05, 4.69) is 10.3 Å². The van der Waals surface area contributed by atoms with Gasteiger partial charge in [0.15, 0.2) is 0 Å². The van der Waals surface area contributed by atoms with Crippen LogP contribution >= 0.6 is 0 Å². The second-order valence-corrected chi connectivity index (χ2v) is 6.56. The molecule has 9 heteroatoms. The third-order valence-corrected chi connectivity index (χ3v) is 3.20.